The van der Waals surface area contributed by atoms with Gasteiger partial charge in [-0.2, -0.15) is 0 Å². The average molecular weight is 367 g/mol. The number of nitrogens with zero attached hydrogens (tertiary/aromatic N) is 7. The van der Waals surface area contributed by atoms with E-state index in [1.807, 2.05) is 41.3 Å². The van der Waals surface area contributed by atoms with Crippen molar-refractivity contribution in [2.75, 3.05) is 37.7 Å². The van der Waals surface area contributed by atoms with Crippen LogP contribution in [0.4, 0.5) is 5.82 Å². The van der Waals surface area contributed by atoms with Crippen molar-refractivity contribution in [3.8, 4) is 11.5 Å². The number of para-hydroxylation sites is 2. The normalized spacial score (nSPS) is 19.3. The topological polar surface area (TPSA) is 98.0 Å². The first-order valence-corrected chi connectivity index (χ1v) is 8.75. The van der Waals surface area contributed by atoms with Crippen LogP contribution in [0.2, 0.25) is 0 Å². The van der Waals surface area contributed by atoms with Gasteiger partial charge in [0.05, 0.1) is 0 Å². The van der Waals surface area contributed by atoms with Crippen molar-refractivity contribution >= 4 is 17.4 Å². The lowest BCUT2D eigenvalue weighted by Crippen LogP contribution is -2.54. The zero-order valence-electron chi connectivity index (χ0n) is 14.4. The molecule has 138 valence electrons. The van der Waals surface area contributed by atoms with E-state index in [0.29, 0.717) is 43.3 Å². The Balaban J connectivity index is 1.23. The Labute approximate surface area is 154 Å². The Bertz CT molecular complexity index is 983. The summed E-state index contributed by atoms with van der Waals surface area (Å²) in [6.45, 7) is 2.77. The number of carbonyl (C=O) groups excluding carboxylic acids is 1. The molecule has 0 bridgehead atoms. The zero-order valence-corrected chi connectivity index (χ0v) is 14.4. The molecule has 2 aromatic heterocycles. The fourth-order valence-corrected chi connectivity index (χ4v) is 3.31. The van der Waals surface area contributed by atoms with Gasteiger partial charge in [-0.25, -0.2) is 0 Å². The van der Waals surface area contributed by atoms with Gasteiger partial charge in [0.1, 0.15) is 6.61 Å². The molecule has 0 unspecified atom stereocenters. The van der Waals surface area contributed by atoms with E-state index in [-0.39, 0.29) is 12.5 Å². The summed E-state index contributed by atoms with van der Waals surface area (Å²) >= 11 is 0. The van der Waals surface area contributed by atoms with E-state index in [0.717, 1.165) is 5.82 Å². The smallest absolute Gasteiger partial charge is 0.267 e. The van der Waals surface area contributed by atoms with Crippen LogP contribution in [0, 0.1) is 0 Å². The van der Waals surface area contributed by atoms with E-state index in [1.165, 1.54) is 4.63 Å². The summed E-state index contributed by atoms with van der Waals surface area (Å²) in [5.41, 5.74) is 0.599. The van der Waals surface area contributed by atoms with Crippen LogP contribution in [0.3, 0.4) is 0 Å². The molecule has 10 nitrogen and oxygen atoms in total. The Morgan fingerprint density at radius 3 is 2.70 bits per heavy atom. The number of hydrogen-bond donors (Lipinski definition) is 0. The quantitative estimate of drug-likeness (QED) is 0.625. The number of amides is 1. The summed E-state index contributed by atoms with van der Waals surface area (Å²) in [5.74, 6) is 2.02. The van der Waals surface area contributed by atoms with E-state index in [2.05, 4.69) is 25.5 Å². The molecule has 1 aromatic carbocycles. The zero-order chi connectivity index (χ0) is 18.2. The molecule has 1 saturated heterocycles. The lowest BCUT2D eigenvalue weighted by atomic mass is 10.2. The number of rotatable bonds is 2. The van der Waals surface area contributed by atoms with Crippen molar-refractivity contribution in [2.24, 2.45) is 0 Å². The van der Waals surface area contributed by atoms with Crippen LogP contribution in [0.25, 0.3) is 5.65 Å². The maximum absolute atomic E-state index is 12.8. The highest BCUT2D eigenvalue weighted by atomic mass is 16.6. The Kier molecular flexibility index (Phi) is 3.73. The van der Waals surface area contributed by atoms with Gasteiger partial charge in [0.2, 0.25) is 6.10 Å². The summed E-state index contributed by atoms with van der Waals surface area (Å²) in [4.78, 5) is 16.7. The van der Waals surface area contributed by atoms with E-state index < -0.39 is 6.10 Å². The number of tetrazole rings is 1. The number of fused-ring (bicyclic) bond motifs is 2. The third-order valence-corrected chi connectivity index (χ3v) is 4.75. The summed E-state index contributed by atoms with van der Waals surface area (Å²) in [6.07, 6.45) is -0.609. The molecule has 1 fully saturated rings. The predicted octanol–water partition coefficient (Wildman–Crippen LogP) is 0.00790. The molecular weight excluding hydrogens is 350 g/mol. The first-order valence-electron chi connectivity index (χ1n) is 8.75. The number of carbonyl (C=O) groups is 1. The van der Waals surface area contributed by atoms with Gasteiger partial charge in [-0.3, -0.25) is 4.79 Å². The maximum atomic E-state index is 12.8. The minimum Gasteiger partial charge on any atom is -0.485 e. The molecular formula is C17H17N7O3. The number of anilines is 1. The van der Waals surface area contributed by atoms with Gasteiger partial charge in [-0.15, -0.1) is 14.8 Å². The van der Waals surface area contributed by atoms with Crippen molar-refractivity contribution < 1.29 is 14.3 Å². The number of ether oxygens (including phenoxy) is 2. The highest BCUT2D eigenvalue weighted by Gasteiger charge is 2.32. The molecule has 3 aromatic rings. The van der Waals surface area contributed by atoms with Gasteiger partial charge in [0, 0.05) is 26.2 Å². The molecule has 0 N–H and O–H groups in total. The number of piperazine rings is 1. The molecule has 0 aliphatic carbocycles. The molecule has 4 heterocycles. The lowest BCUT2D eigenvalue weighted by Gasteiger charge is -2.37. The number of aromatic nitrogens is 5. The molecule has 1 atom stereocenters. The Hall–Kier alpha value is -3.43. The summed E-state index contributed by atoms with van der Waals surface area (Å²) < 4.78 is 12.9. The van der Waals surface area contributed by atoms with Crippen LogP contribution >= 0.6 is 0 Å². The van der Waals surface area contributed by atoms with Gasteiger partial charge in [-0.1, -0.05) is 12.1 Å². The number of benzene rings is 1. The van der Waals surface area contributed by atoms with Crippen LogP contribution in [0.15, 0.2) is 36.4 Å². The van der Waals surface area contributed by atoms with Gasteiger partial charge in [0.15, 0.2) is 23.0 Å². The summed E-state index contributed by atoms with van der Waals surface area (Å²) in [6, 6.07) is 11.1. The maximum Gasteiger partial charge on any atom is 0.267 e. The Morgan fingerprint density at radius 1 is 1.04 bits per heavy atom. The minimum atomic E-state index is -0.609. The third kappa shape index (κ3) is 2.88. The van der Waals surface area contributed by atoms with E-state index in [4.69, 9.17) is 9.47 Å². The van der Waals surface area contributed by atoms with Crippen molar-refractivity contribution in [1.29, 1.82) is 0 Å². The third-order valence-electron chi connectivity index (χ3n) is 4.75. The molecule has 5 rings (SSSR count). The second-order valence-corrected chi connectivity index (χ2v) is 6.39. The monoisotopic (exact) mass is 367 g/mol. The van der Waals surface area contributed by atoms with E-state index in [9.17, 15) is 4.79 Å². The fraction of sp³-hybridized carbons (Fsp3) is 0.353. The standard InChI is InChI=1S/C17H17N7O3/c25-17(14-11-26-12-3-1-2-4-13(12)27-14)23-9-7-22(8-10-23)16-6-5-15-18-20-21-24(15)19-16/h1-6,14H,7-11H2/t14-/m0/s1. The van der Waals surface area contributed by atoms with Crippen molar-refractivity contribution in [3.63, 3.8) is 0 Å². The first kappa shape index (κ1) is 15.8. The second-order valence-electron chi connectivity index (χ2n) is 6.39. The first-order chi connectivity index (χ1) is 13.3. The predicted molar refractivity (Wildman–Crippen MR) is 93.7 cm³/mol. The van der Waals surface area contributed by atoms with Crippen LogP contribution in [-0.2, 0) is 4.79 Å². The van der Waals surface area contributed by atoms with Crippen LogP contribution in [-0.4, -0.2) is 75.0 Å². The van der Waals surface area contributed by atoms with E-state index >= 15 is 0 Å². The molecule has 0 saturated carbocycles. The Morgan fingerprint density at radius 2 is 1.85 bits per heavy atom. The SMILES string of the molecule is O=C([C@@H]1COc2ccccc2O1)N1CCN(c2ccc3nnnn3n2)CC1. The van der Waals surface area contributed by atoms with Crippen LogP contribution in [0.5, 0.6) is 11.5 Å². The second kappa shape index (κ2) is 6.38. The van der Waals surface area contributed by atoms with Gasteiger partial charge < -0.3 is 19.3 Å². The molecule has 2 aliphatic heterocycles. The summed E-state index contributed by atoms with van der Waals surface area (Å²) in [7, 11) is 0. The van der Waals surface area contributed by atoms with Gasteiger partial charge in [-0.05, 0) is 34.7 Å². The summed E-state index contributed by atoms with van der Waals surface area (Å²) in [5, 5.41) is 15.7. The molecule has 1 amide bonds. The van der Waals surface area contributed by atoms with Crippen molar-refractivity contribution in [1.82, 2.24) is 30.2 Å². The minimum absolute atomic E-state index is 0.0481. The molecule has 0 radical (unpaired) electrons. The van der Waals surface area contributed by atoms with Crippen LogP contribution in [0.1, 0.15) is 0 Å². The van der Waals surface area contributed by atoms with E-state index in [1.54, 1.807) is 0 Å². The molecule has 2 aliphatic rings. The lowest BCUT2D eigenvalue weighted by molar-refractivity contribution is -0.141. The molecule has 27 heavy (non-hydrogen) atoms. The van der Waals surface area contributed by atoms with Gasteiger partial charge in [0.25, 0.3) is 5.91 Å². The van der Waals surface area contributed by atoms with Crippen molar-refractivity contribution in [2.45, 2.75) is 6.10 Å². The largest absolute Gasteiger partial charge is 0.485 e. The highest BCUT2D eigenvalue weighted by molar-refractivity contribution is 5.82. The average Bonchev–Trinajstić information content (AvgIpc) is 3.21. The molecule has 10 heteroatoms. The van der Waals surface area contributed by atoms with Crippen LogP contribution < -0.4 is 14.4 Å². The van der Waals surface area contributed by atoms with Crippen molar-refractivity contribution in [3.05, 3.63) is 36.4 Å². The number of hydrogen-bond acceptors (Lipinski definition) is 8. The fourth-order valence-electron chi connectivity index (χ4n) is 3.31. The highest BCUT2D eigenvalue weighted by Crippen LogP contribution is 2.31. The molecule has 0 spiro atoms. The van der Waals surface area contributed by atoms with Gasteiger partial charge >= 0.3 is 0 Å².